The second kappa shape index (κ2) is 7.26. The lowest BCUT2D eigenvalue weighted by Crippen LogP contribution is -2.46. The van der Waals surface area contributed by atoms with Gasteiger partial charge in [0.25, 0.3) is 0 Å². The summed E-state index contributed by atoms with van der Waals surface area (Å²) in [5, 5.41) is 3.35. The first-order valence-corrected chi connectivity index (χ1v) is 9.74. The Morgan fingerprint density at radius 1 is 1.08 bits per heavy atom. The van der Waals surface area contributed by atoms with E-state index >= 15 is 0 Å². The van der Waals surface area contributed by atoms with Gasteiger partial charge in [-0.3, -0.25) is 4.79 Å². The van der Waals surface area contributed by atoms with E-state index in [4.69, 9.17) is 5.73 Å². The Bertz CT molecular complexity index is 666. The molecule has 0 spiro atoms. The molecule has 1 amide bonds. The predicted octanol–water partition coefficient (Wildman–Crippen LogP) is 0.407. The summed E-state index contributed by atoms with van der Waals surface area (Å²) >= 11 is 0. The number of carbonyl (C=O) groups excluding carboxylic acids is 1. The number of nitrogen functional groups attached to an aromatic ring is 1. The third-order valence-corrected chi connectivity index (χ3v) is 5.79. The Labute approximate surface area is 154 Å². The maximum atomic E-state index is 13.0. The number of nitrogens with zero attached hydrogens (tertiary/aromatic N) is 5. The van der Waals surface area contributed by atoms with Crippen molar-refractivity contribution in [1.29, 1.82) is 0 Å². The number of hydrogen-bond acceptors (Lipinski definition) is 7. The third-order valence-electron chi connectivity index (χ3n) is 5.79. The predicted molar refractivity (Wildman–Crippen MR) is 102 cm³/mol. The number of fused-ring (bicyclic) bond motifs is 1. The smallest absolute Gasteiger partial charge is 0.227 e. The average Bonchev–Trinajstić information content (AvgIpc) is 2.68. The molecule has 3 aliphatic rings. The maximum absolute atomic E-state index is 13.0. The van der Waals surface area contributed by atoms with Crippen LogP contribution in [0.1, 0.15) is 24.8 Å². The Hall–Kier alpha value is -2.09. The van der Waals surface area contributed by atoms with Crippen LogP contribution in [0, 0.1) is 5.92 Å². The molecule has 142 valence electrons. The molecule has 0 aromatic carbocycles. The van der Waals surface area contributed by atoms with E-state index in [-0.39, 0.29) is 11.8 Å². The molecular weight excluding hydrogens is 330 g/mol. The van der Waals surface area contributed by atoms with Gasteiger partial charge < -0.3 is 25.8 Å². The number of piperazine rings is 1. The van der Waals surface area contributed by atoms with Gasteiger partial charge in [0, 0.05) is 51.4 Å². The molecule has 4 rings (SSSR count). The fourth-order valence-corrected chi connectivity index (χ4v) is 4.19. The first-order valence-electron chi connectivity index (χ1n) is 9.74. The van der Waals surface area contributed by atoms with E-state index < -0.39 is 0 Å². The van der Waals surface area contributed by atoms with E-state index in [1.165, 1.54) is 6.42 Å². The zero-order chi connectivity index (χ0) is 18.1. The number of carbonyl (C=O) groups is 1. The van der Waals surface area contributed by atoms with Crippen LogP contribution in [0.25, 0.3) is 0 Å². The largest absolute Gasteiger partial charge is 0.369 e. The SMILES string of the molecule is CN1CCN(c2nc(N)nc3c2CC(C(=O)N2CCCCC2)CN3)CC1. The summed E-state index contributed by atoms with van der Waals surface area (Å²) in [6.45, 7) is 6.26. The van der Waals surface area contributed by atoms with Gasteiger partial charge in [-0.05, 0) is 32.7 Å². The van der Waals surface area contributed by atoms with Crippen LogP contribution in [0.15, 0.2) is 0 Å². The van der Waals surface area contributed by atoms with E-state index in [9.17, 15) is 4.79 Å². The fraction of sp³-hybridized carbons (Fsp3) is 0.722. The minimum atomic E-state index is -0.0426. The monoisotopic (exact) mass is 359 g/mol. The molecule has 0 aliphatic carbocycles. The van der Waals surface area contributed by atoms with Gasteiger partial charge in [-0.15, -0.1) is 0 Å². The zero-order valence-corrected chi connectivity index (χ0v) is 15.6. The van der Waals surface area contributed by atoms with Crippen molar-refractivity contribution in [3.05, 3.63) is 5.56 Å². The lowest BCUT2D eigenvalue weighted by atomic mass is 9.93. The van der Waals surface area contributed by atoms with Gasteiger partial charge in [-0.2, -0.15) is 9.97 Å². The Kier molecular flexibility index (Phi) is 4.84. The summed E-state index contributed by atoms with van der Waals surface area (Å²) in [6.07, 6.45) is 4.17. The van der Waals surface area contributed by atoms with Crippen molar-refractivity contribution in [3.8, 4) is 0 Å². The number of nitrogens with two attached hydrogens (primary N) is 1. The normalized spacial score (nSPS) is 24.1. The van der Waals surface area contributed by atoms with Crippen molar-refractivity contribution in [3.63, 3.8) is 0 Å². The highest BCUT2D eigenvalue weighted by atomic mass is 16.2. The van der Waals surface area contributed by atoms with Crippen LogP contribution in [0.2, 0.25) is 0 Å². The quantitative estimate of drug-likeness (QED) is 0.790. The molecule has 2 fully saturated rings. The van der Waals surface area contributed by atoms with Crippen LogP contribution in [0.5, 0.6) is 0 Å². The molecule has 2 saturated heterocycles. The number of anilines is 3. The van der Waals surface area contributed by atoms with Gasteiger partial charge >= 0.3 is 0 Å². The molecule has 3 N–H and O–H groups in total. The molecule has 1 aromatic rings. The number of likely N-dealkylation sites (N-methyl/N-ethyl adjacent to an activating group) is 1. The van der Waals surface area contributed by atoms with Crippen LogP contribution >= 0.6 is 0 Å². The van der Waals surface area contributed by atoms with Crippen LogP contribution in [-0.4, -0.2) is 78.5 Å². The molecule has 26 heavy (non-hydrogen) atoms. The van der Waals surface area contributed by atoms with Crippen molar-refractivity contribution in [2.75, 3.05) is 68.8 Å². The molecule has 1 atom stereocenters. The maximum Gasteiger partial charge on any atom is 0.227 e. The first-order chi connectivity index (χ1) is 12.6. The average molecular weight is 359 g/mol. The number of piperidine rings is 1. The summed E-state index contributed by atoms with van der Waals surface area (Å²) in [5.41, 5.74) is 7.00. The van der Waals surface area contributed by atoms with Crippen LogP contribution in [0.4, 0.5) is 17.6 Å². The number of amides is 1. The summed E-state index contributed by atoms with van der Waals surface area (Å²) in [5.74, 6) is 2.23. The lowest BCUT2D eigenvalue weighted by Gasteiger charge is -2.37. The summed E-state index contributed by atoms with van der Waals surface area (Å²) in [4.78, 5) is 28.5. The van der Waals surface area contributed by atoms with E-state index in [1.54, 1.807) is 0 Å². The third kappa shape index (κ3) is 3.42. The summed E-state index contributed by atoms with van der Waals surface area (Å²) in [6, 6.07) is 0. The van der Waals surface area contributed by atoms with Gasteiger partial charge in [0.1, 0.15) is 11.6 Å². The van der Waals surface area contributed by atoms with Crippen LogP contribution in [-0.2, 0) is 11.2 Å². The van der Waals surface area contributed by atoms with Gasteiger partial charge in [-0.25, -0.2) is 0 Å². The number of hydrogen-bond donors (Lipinski definition) is 2. The van der Waals surface area contributed by atoms with Crippen molar-refractivity contribution in [1.82, 2.24) is 19.8 Å². The molecule has 0 radical (unpaired) electrons. The number of likely N-dealkylation sites (tertiary alicyclic amines) is 1. The Morgan fingerprint density at radius 3 is 2.54 bits per heavy atom. The molecule has 0 bridgehead atoms. The second-order valence-electron chi connectivity index (χ2n) is 7.69. The lowest BCUT2D eigenvalue weighted by molar-refractivity contribution is -0.136. The van der Waals surface area contributed by atoms with Gasteiger partial charge in [-0.1, -0.05) is 0 Å². The minimum absolute atomic E-state index is 0.0426. The van der Waals surface area contributed by atoms with Crippen LogP contribution < -0.4 is 16.0 Å². The van der Waals surface area contributed by atoms with Crippen molar-refractivity contribution >= 4 is 23.5 Å². The highest BCUT2D eigenvalue weighted by molar-refractivity contribution is 5.81. The molecule has 1 aromatic heterocycles. The van der Waals surface area contributed by atoms with E-state index in [1.807, 2.05) is 4.90 Å². The van der Waals surface area contributed by atoms with E-state index in [0.717, 1.165) is 69.3 Å². The highest BCUT2D eigenvalue weighted by Crippen LogP contribution is 2.32. The second-order valence-corrected chi connectivity index (χ2v) is 7.69. The van der Waals surface area contributed by atoms with E-state index in [0.29, 0.717) is 18.9 Å². The molecular formula is C18H29N7O. The van der Waals surface area contributed by atoms with Crippen LogP contribution in [0.3, 0.4) is 0 Å². The molecule has 4 heterocycles. The van der Waals surface area contributed by atoms with Crippen molar-refractivity contribution in [2.45, 2.75) is 25.7 Å². The van der Waals surface area contributed by atoms with E-state index in [2.05, 4.69) is 32.1 Å². The molecule has 3 aliphatic heterocycles. The zero-order valence-electron chi connectivity index (χ0n) is 15.6. The standard InChI is InChI=1S/C18H29N7O/c1-23-7-9-24(10-8-23)16-14-11-13(12-20-15(14)21-18(19)22-16)17(26)25-5-3-2-4-6-25/h13H,2-12H2,1H3,(H3,19,20,21,22). The number of nitrogens with one attached hydrogen (secondary N) is 1. The molecule has 8 heteroatoms. The van der Waals surface area contributed by atoms with Gasteiger partial charge in [0.15, 0.2) is 0 Å². The molecule has 8 nitrogen and oxygen atoms in total. The number of rotatable bonds is 2. The Morgan fingerprint density at radius 2 is 1.81 bits per heavy atom. The molecule has 1 unspecified atom stereocenters. The first kappa shape index (κ1) is 17.3. The fourth-order valence-electron chi connectivity index (χ4n) is 4.19. The summed E-state index contributed by atoms with van der Waals surface area (Å²) in [7, 11) is 2.13. The van der Waals surface area contributed by atoms with Gasteiger partial charge in [0.05, 0.1) is 5.92 Å². The van der Waals surface area contributed by atoms with Crippen molar-refractivity contribution in [2.24, 2.45) is 5.92 Å². The number of aromatic nitrogens is 2. The highest BCUT2D eigenvalue weighted by Gasteiger charge is 2.33. The Balaban J connectivity index is 1.56. The minimum Gasteiger partial charge on any atom is -0.369 e. The topological polar surface area (TPSA) is 90.6 Å². The summed E-state index contributed by atoms with van der Waals surface area (Å²) < 4.78 is 0. The van der Waals surface area contributed by atoms with Crippen molar-refractivity contribution < 1.29 is 4.79 Å². The molecule has 0 saturated carbocycles. The van der Waals surface area contributed by atoms with Gasteiger partial charge in [0.2, 0.25) is 11.9 Å².